The van der Waals surface area contributed by atoms with Crippen LogP contribution in [0.1, 0.15) is 22.5 Å². The number of hydrogen-bond donors (Lipinski definition) is 0. The van der Waals surface area contributed by atoms with Gasteiger partial charge in [0.1, 0.15) is 0 Å². The summed E-state index contributed by atoms with van der Waals surface area (Å²) < 4.78 is 8.20. The third-order valence-corrected chi connectivity index (χ3v) is 6.26. The fourth-order valence-corrected chi connectivity index (χ4v) is 4.31. The van der Waals surface area contributed by atoms with Crippen molar-refractivity contribution in [2.45, 2.75) is 26.9 Å². The molecule has 0 saturated carbocycles. The van der Waals surface area contributed by atoms with E-state index < -0.39 is 0 Å². The lowest BCUT2D eigenvalue weighted by Crippen LogP contribution is -2.27. The number of methoxy groups -OCH3 is 1. The molecule has 2 heterocycles. The molecule has 0 unspecified atom stereocenters. The molecular weight excluding hydrogens is 428 g/mol. The van der Waals surface area contributed by atoms with Gasteiger partial charge in [-0.25, -0.2) is 0 Å². The van der Waals surface area contributed by atoms with Crippen molar-refractivity contribution in [3.63, 3.8) is 0 Å². The summed E-state index contributed by atoms with van der Waals surface area (Å²) in [5.41, 5.74) is 4.01. The second-order valence-electron chi connectivity index (χ2n) is 6.33. The number of carbonyl (C=O) groups excluding carboxylic acids is 2. The van der Waals surface area contributed by atoms with Crippen LogP contribution in [0.4, 0.5) is 4.79 Å². The molecule has 3 rings (SSSR count). The lowest BCUT2D eigenvalue weighted by atomic mass is 10.2. The van der Waals surface area contributed by atoms with Crippen LogP contribution in [0.5, 0.6) is 0 Å². The minimum Gasteiger partial charge on any atom is -0.383 e. The Bertz CT molecular complexity index is 920. The number of imide groups is 1. The molecule has 0 atom stereocenters. The molecule has 1 aliphatic heterocycles. The number of ether oxygens (including phenoxy) is 1. The van der Waals surface area contributed by atoms with E-state index in [0.717, 1.165) is 45.3 Å². The van der Waals surface area contributed by atoms with Crippen LogP contribution in [0.25, 0.3) is 6.08 Å². The zero-order chi connectivity index (χ0) is 19.6. The molecule has 1 fully saturated rings. The molecule has 7 heteroatoms. The van der Waals surface area contributed by atoms with Gasteiger partial charge in [0.25, 0.3) is 11.1 Å². The molecule has 0 radical (unpaired) electrons. The summed E-state index contributed by atoms with van der Waals surface area (Å²) in [5, 5.41) is -0.241. The lowest BCUT2D eigenvalue weighted by molar-refractivity contribution is -0.123. The van der Waals surface area contributed by atoms with Crippen molar-refractivity contribution in [2.75, 3.05) is 13.7 Å². The van der Waals surface area contributed by atoms with Crippen LogP contribution in [-0.4, -0.2) is 34.3 Å². The van der Waals surface area contributed by atoms with Gasteiger partial charge in [-0.1, -0.05) is 34.1 Å². The molecular formula is C20H21BrN2O3S. The molecule has 27 heavy (non-hydrogen) atoms. The van der Waals surface area contributed by atoms with Gasteiger partial charge in [0, 0.05) is 29.5 Å². The van der Waals surface area contributed by atoms with Crippen LogP contribution >= 0.6 is 27.7 Å². The summed E-state index contributed by atoms with van der Waals surface area (Å²) in [4.78, 5) is 26.9. The maximum Gasteiger partial charge on any atom is 0.293 e. The lowest BCUT2D eigenvalue weighted by Gasteiger charge is -2.13. The smallest absolute Gasteiger partial charge is 0.293 e. The molecule has 1 aromatic heterocycles. The van der Waals surface area contributed by atoms with Gasteiger partial charge in [-0.3, -0.25) is 14.5 Å². The van der Waals surface area contributed by atoms with Crippen LogP contribution < -0.4 is 0 Å². The minimum absolute atomic E-state index is 0.241. The van der Waals surface area contributed by atoms with Crippen molar-refractivity contribution in [1.82, 2.24) is 9.47 Å². The maximum atomic E-state index is 12.8. The van der Waals surface area contributed by atoms with Crippen LogP contribution in [0.3, 0.4) is 0 Å². The standard InChI is InChI=1S/C20H21BrN2O3S/c1-13-10-16(14(2)22(13)8-9-26-3)11-18-19(24)23(20(25)27-18)12-15-6-4-5-7-17(15)21/h4-7,10-11H,8-9,12H2,1-3H3/b18-11-. The number of amides is 2. The highest BCUT2D eigenvalue weighted by atomic mass is 79.9. The molecule has 0 aliphatic carbocycles. The number of rotatable bonds is 6. The molecule has 1 saturated heterocycles. The molecule has 1 aromatic carbocycles. The Morgan fingerprint density at radius 1 is 1.22 bits per heavy atom. The second-order valence-corrected chi connectivity index (χ2v) is 8.18. The van der Waals surface area contributed by atoms with E-state index in [1.165, 1.54) is 4.90 Å². The highest BCUT2D eigenvalue weighted by molar-refractivity contribution is 9.10. The molecule has 1 aliphatic rings. The van der Waals surface area contributed by atoms with E-state index in [4.69, 9.17) is 4.74 Å². The number of benzene rings is 1. The van der Waals surface area contributed by atoms with E-state index in [-0.39, 0.29) is 17.7 Å². The van der Waals surface area contributed by atoms with Gasteiger partial charge in [0.15, 0.2) is 0 Å². The van der Waals surface area contributed by atoms with Crippen molar-refractivity contribution in [2.24, 2.45) is 0 Å². The number of aromatic nitrogens is 1. The fraction of sp³-hybridized carbons (Fsp3) is 0.300. The van der Waals surface area contributed by atoms with Gasteiger partial charge >= 0.3 is 0 Å². The Balaban J connectivity index is 1.83. The normalized spacial score (nSPS) is 16.0. The van der Waals surface area contributed by atoms with E-state index >= 15 is 0 Å². The van der Waals surface area contributed by atoms with Crippen molar-refractivity contribution >= 4 is 44.9 Å². The average molecular weight is 449 g/mol. The highest BCUT2D eigenvalue weighted by Crippen LogP contribution is 2.35. The topological polar surface area (TPSA) is 51.5 Å². The number of carbonyl (C=O) groups is 2. The van der Waals surface area contributed by atoms with E-state index in [1.54, 1.807) is 7.11 Å². The number of hydrogen-bond acceptors (Lipinski definition) is 4. The summed E-state index contributed by atoms with van der Waals surface area (Å²) in [5.74, 6) is -0.248. The van der Waals surface area contributed by atoms with Crippen molar-refractivity contribution in [3.05, 3.63) is 62.2 Å². The summed E-state index contributed by atoms with van der Waals surface area (Å²) in [6, 6.07) is 9.64. The van der Waals surface area contributed by atoms with Gasteiger partial charge in [0.05, 0.1) is 18.1 Å². The van der Waals surface area contributed by atoms with Crippen LogP contribution in [0, 0.1) is 13.8 Å². The molecule has 0 spiro atoms. The van der Waals surface area contributed by atoms with Crippen molar-refractivity contribution in [3.8, 4) is 0 Å². The van der Waals surface area contributed by atoms with Gasteiger partial charge in [0.2, 0.25) is 0 Å². The number of halogens is 1. The summed E-state index contributed by atoms with van der Waals surface area (Å²) in [6.45, 7) is 5.68. The van der Waals surface area contributed by atoms with Gasteiger partial charge in [-0.05, 0) is 54.9 Å². The SMILES string of the molecule is COCCn1c(C)cc(/C=C2\SC(=O)N(Cc3ccccc3Br)C2=O)c1C. The van der Waals surface area contributed by atoms with E-state index in [9.17, 15) is 9.59 Å². The first kappa shape index (κ1) is 19.9. The van der Waals surface area contributed by atoms with E-state index in [1.807, 2.05) is 50.3 Å². The molecule has 2 aromatic rings. The van der Waals surface area contributed by atoms with Gasteiger partial charge < -0.3 is 9.30 Å². The summed E-state index contributed by atoms with van der Waals surface area (Å²) in [7, 11) is 1.68. The van der Waals surface area contributed by atoms with Crippen LogP contribution in [0.15, 0.2) is 39.7 Å². The molecule has 142 valence electrons. The molecule has 0 N–H and O–H groups in total. The highest BCUT2D eigenvalue weighted by Gasteiger charge is 2.35. The first-order chi connectivity index (χ1) is 12.9. The summed E-state index contributed by atoms with van der Waals surface area (Å²) >= 11 is 4.46. The van der Waals surface area contributed by atoms with E-state index in [0.29, 0.717) is 11.5 Å². The minimum atomic E-state index is -0.248. The van der Waals surface area contributed by atoms with E-state index in [2.05, 4.69) is 20.5 Å². The second kappa shape index (κ2) is 8.46. The quantitative estimate of drug-likeness (QED) is 0.598. The predicted octanol–water partition coefficient (Wildman–Crippen LogP) is 4.75. The summed E-state index contributed by atoms with van der Waals surface area (Å²) in [6.07, 6.45) is 1.82. The van der Waals surface area contributed by atoms with Crippen LogP contribution in [-0.2, 0) is 22.6 Å². The average Bonchev–Trinajstić information content (AvgIpc) is 3.05. The van der Waals surface area contributed by atoms with Gasteiger partial charge in [-0.2, -0.15) is 0 Å². The Morgan fingerprint density at radius 3 is 2.67 bits per heavy atom. The Labute approximate surface area is 171 Å². The zero-order valence-electron chi connectivity index (χ0n) is 15.5. The number of thioether (sulfide) groups is 1. The number of nitrogens with zero attached hydrogens (tertiary/aromatic N) is 2. The third-order valence-electron chi connectivity index (χ3n) is 4.58. The van der Waals surface area contributed by atoms with Crippen LogP contribution in [0.2, 0.25) is 0 Å². The Hall–Kier alpha value is -1.83. The van der Waals surface area contributed by atoms with Gasteiger partial charge in [-0.15, -0.1) is 0 Å². The Kier molecular flexibility index (Phi) is 6.24. The first-order valence-corrected chi connectivity index (χ1v) is 10.2. The van der Waals surface area contributed by atoms with Crippen molar-refractivity contribution < 1.29 is 14.3 Å². The maximum absolute atomic E-state index is 12.8. The fourth-order valence-electron chi connectivity index (χ4n) is 3.08. The third kappa shape index (κ3) is 4.20. The predicted molar refractivity (Wildman–Crippen MR) is 111 cm³/mol. The zero-order valence-corrected chi connectivity index (χ0v) is 17.9. The monoisotopic (exact) mass is 448 g/mol. The largest absolute Gasteiger partial charge is 0.383 e. The Morgan fingerprint density at radius 2 is 1.96 bits per heavy atom. The van der Waals surface area contributed by atoms with Crippen molar-refractivity contribution in [1.29, 1.82) is 0 Å². The molecule has 5 nitrogen and oxygen atoms in total. The first-order valence-electron chi connectivity index (χ1n) is 8.56. The number of aryl methyl sites for hydroxylation is 1. The molecule has 0 bridgehead atoms. The molecule has 2 amide bonds.